The minimum atomic E-state index is -1.47. The molecule has 238 valence electrons. The first-order valence-electron chi connectivity index (χ1n) is 15.1. The van der Waals surface area contributed by atoms with Gasteiger partial charge in [-0.05, 0) is 73.6 Å². The zero-order valence-electron chi connectivity index (χ0n) is 26.2. The molecule has 1 unspecified atom stereocenters. The number of ether oxygens (including phenoxy) is 2. The summed E-state index contributed by atoms with van der Waals surface area (Å²) in [6.45, 7) is 5.19. The van der Waals surface area contributed by atoms with Gasteiger partial charge in [0, 0.05) is 36.8 Å². The van der Waals surface area contributed by atoms with Crippen molar-refractivity contribution in [3.63, 3.8) is 0 Å². The predicted molar refractivity (Wildman–Crippen MR) is 170 cm³/mol. The zero-order valence-corrected chi connectivity index (χ0v) is 26.2. The van der Waals surface area contributed by atoms with E-state index in [1.54, 1.807) is 31.3 Å². The van der Waals surface area contributed by atoms with Crippen molar-refractivity contribution in [3.8, 4) is 11.5 Å². The largest absolute Gasteiger partial charge is 0.497 e. The van der Waals surface area contributed by atoms with Crippen LogP contribution in [-0.4, -0.2) is 67.2 Å². The second-order valence-electron chi connectivity index (χ2n) is 11.3. The summed E-state index contributed by atoms with van der Waals surface area (Å²) in [7, 11) is 3.13. The van der Waals surface area contributed by atoms with Gasteiger partial charge in [0.2, 0.25) is 17.7 Å². The fraction of sp³-hybridized carbons (Fsp3) is 0.441. The van der Waals surface area contributed by atoms with Gasteiger partial charge in [-0.15, -0.1) is 0 Å². The first-order chi connectivity index (χ1) is 21.0. The van der Waals surface area contributed by atoms with E-state index in [0.717, 1.165) is 24.0 Å². The van der Waals surface area contributed by atoms with Gasteiger partial charge >= 0.3 is 0 Å². The third-order valence-corrected chi connectivity index (χ3v) is 7.81. The molecule has 0 saturated heterocycles. The van der Waals surface area contributed by atoms with Crippen molar-refractivity contribution in [1.82, 2.24) is 10.2 Å². The Morgan fingerprint density at radius 1 is 1.00 bits per heavy atom. The highest BCUT2D eigenvalue weighted by Gasteiger charge is 2.44. The second kappa shape index (κ2) is 16.1. The van der Waals surface area contributed by atoms with E-state index in [1.165, 1.54) is 12.2 Å². The molecular formula is C34H46N4O6. The van der Waals surface area contributed by atoms with Crippen molar-refractivity contribution in [3.05, 3.63) is 83.0 Å². The first-order valence-corrected chi connectivity index (χ1v) is 15.1. The SMILES string of the molecule is CCCN(CCC)C(=O)C1=CC(C(N)=O)=CC(C[C@@H](O)[C@@H](N)Cc2cccc(OC)c2)(C(=O)NCc2cccc(OC)c2)C1. The summed E-state index contributed by atoms with van der Waals surface area (Å²) >= 11 is 0. The van der Waals surface area contributed by atoms with E-state index in [-0.39, 0.29) is 36.4 Å². The highest BCUT2D eigenvalue weighted by atomic mass is 16.5. The number of rotatable bonds is 16. The second-order valence-corrected chi connectivity index (χ2v) is 11.3. The lowest BCUT2D eigenvalue weighted by molar-refractivity contribution is -0.131. The normalized spacial score (nSPS) is 17.5. The molecule has 0 fully saturated rings. The molecule has 0 bridgehead atoms. The number of aliphatic hydroxyl groups excluding tert-OH is 1. The van der Waals surface area contributed by atoms with Gasteiger partial charge in [-0.1, -0.05) is 44.2 Å². The number of hydrogen-bond donors (Lipinski definition) is 4. The molecule has 0 aromatic heterocycles. The lowest BCUT2D eigenvalue weighted by Crippen LogP contribution is -2.48. The van der Waals surface area contributed by atoms with Gasteiger partial charge in [0.1, 0.15) is 11.5 Å². The molecule has 10 heteroatoms. The molecule has 2 aromatic carbocycles. The Bertz CT molecular complexity index is 1370. The van der Waals surface area contributed by atoms with E-state index in [2.05, 4.69) is 5.32 Å². The third-order valence-electron chi connectivity index (χ3n) is 7.81. The number of carbonyl (C=O) groups is 3. The molecule has 1 aliphatic rings. The molecule has 0 saturated carbocycles. The lowest BCUT2D eigenvalue weighted by Gasteiger charge is -2.37. The van der Waals surface area contributed by atoms with Crippen molar-refractivity contribution in [2.24, 2.45) is 16.9 Å². The van der Waals surface area contributed by atoms with Gasteiger partial charge in [0.25, 0.3) is 0 Å². The molecule has 0 radical (unpaired) electrons. The number of amides is 3. The van der Waals surface area contributed by atoms with Crippen LogP contribution in [0.15, 0.2) is 71.8 Å². The van der Waals surface area contributed by atoms with Crippen molar-refractivity contribution in [2.75, 3.05) is 27.3 Å². The van der Waals surface area contributed by atoms with Crippen molar-refractivity contribution >= 4 is 17.7 Å². The van der Waals surface area contributed by atoms with Gasteiger partial charge in [-0.2, -0.15) is 0 Å². The van der Waals surface area contributed by atoms with Crippen LogP contribution in [0.25, 0.3) is 0 Å². The smallest absolute Gasteiger partial charge is 0.249 e. The van der Waals surface area contributed by atoms with Gasteiger partial charge < -0.3 is 36.3 Å². The monoisotopic (exact) mass is 606 g/mol. The molecule has 3 atom stereocenters. The molecule has 3 rings (SSSR count). The van der Waals surface area contributed by atoms with E-state index >= 15 is 0 Å². The molecule has 0 heterocycles. The predicted octanol–water partition coefficient (Wildman–Crippen LogP) is 3.02. The molecule has 6 N–H and O–H groups in total. The van der Waals surface area contributed by atoms with Crippen LogP contribution in [0.3, 0.4) is 0 Å². The average Bonchev–Trinajstić information content (AvgIpc) is 3.03. The standard InChI is InChI=1S/C34H46N4O6/c1-5-13-38(14-6-2)32(41)26-18-25(31(36)40)19-34(20-26,33(42)37-22-24-10-8-12-28(16-24)44-4)21-30(39)29(35)17-23-9-7-11-27(15-23)43-3/h7-12,15-16,18-19,29-30,39H,5-6,13-14,17,20-22,35H2,1-4H3,(H2,36,40)(H,37,42)/t29-,30+,34?/m0/s1. The van der Waals surface area contributed by atoms with Gasteiger partial charge in [0.05, 0.1) is 25.7 Å². The number of carbonyl (C=O) groups excluding carboxylic acids is 3. The zero-order chi connectivity index (χ0) is 32.3. The van der Waals surface area contributed by atoms with Crippen LogP contribution in [0, 0.1) is 5.41 Å². The van der Waals surface area contributed by atoms with Crippen LogP contribution >= 0.6 is 0 Å². The van der Waals surface area contributed by atoms with E-state index in [0.29, 0.717) is 31.0 Å². The summed E-state index contributed by atoms with van der Waals surface area (Å²) in [5.74, 6) is -0.186. The van der Waals surface area contributed by atoms with Gasteiger partial charge in [-0.3, -0.25) is 14.4 Å². The number of primary amides is 1. The maximum absolute atomic E-state index is 14.1. The summed E-state index contributed by atoms with van der Waals surface area (Å²) in [6, 6.07) is 13.9. The summed E-state index contributed by atoms with van der Waals surface area (Å²) in [5.41, 5.74) is 12.7. The maximum atomic E-state index is 14.1. The third kappa shape index (κ3) is 8.93. The van der Waals surface area contributed by atoms with Gasteiger partial charge in [-0.25, -0.2) is 0 Å². The van der Waals surface area contributed by atoms with Gasteiger partial charge in [0.15, 0.2) is 0 Å². The lowest BCUT2D eigenvalue weighted by atomic mass is 9.70. The Morgan fingerprint density at radius 2 is 1.59 bits per heavy atom. The minimum Gasteiger partial charge on any atom is -0.497 e. The Kier molecular flexibility index (Phi) is 12.5. The Labute approximate surface area is 260 Å². The number of nitrogens with two attached hydrogens (primary N) is 2. The number of nitrogens with one attached hydrogen (secondary N) is 1. The highest BCUT2D eigenvalue weighted by molar-refractivity contribution is 6.03. The van der Waals surface area contributed by atoms with Crippen molar-refractivity contribution < 1.29 is 29.0 Å². The molecule has 10 nitrogen and oxygen atoms in total. The Balaban J connectivity index is 1.98. The maximum Gasteiger partial charge on any atom is 0.249 e. The van der Waals surface area contributed by atoms with E-state index in [4.69, 9.17) is 20.9 Å². The van der Waals surface area contributed by atoms with Crippen LogP contribution in [0.5, 0.6) is 11.5 Å². The summed E-state index contributed by atoms with van der Waals surface area (Å²) in [4.78, 5) is 42.2. The summed E-state index contributed by atoms with van der Waals surface area (Å²) < 4.78 is 10.6. The quantitative estimate of drug-likeness (QED) is 0.229. The van der Waals surface area contributed by atoms with Crippen molar-refractivity contribution in [2.45, 2.75) is 64.6 Å². The van der Waals surface area contributed by atoms with Crippen molar-refractivity contribution in [1.29, 1.82) is 0 Å². The van der Waals surface area contributed by atoms with Crippen LogP contribution < -0.4 is 26.3 Å². The number of aliphatic hydroxyl groups is 1. The molecule has 3 amide bonds. The molecule has 44 heavy (non-hydrogen) atoms. The fourth-order valence-corrected chi connectivity index (χ4v) is 5.55. The van der Waals surface area contributed by atoms with E-state index in [1.807, 2.05) is 50.2 Å². The topological polar surface area (TPSA) is 157 Å². The van der Waals surface area contributed by atoms with E-state index < -0.39 is 29.4 Å². The molecule has 0 spiro atoms. The molecule has 1 aliphatic carbocycles. The first kappa shape index (κ1) is 34.3. The van der Waals surface area contributed by atoms with Crippen LogP contribution in [0.1, 0.15) is 50.7 Å². The molecule has 0 aliphatic heterocycles. The van der Waals surface area contributed by atoms with Crippen LogP contribution in [0.4, 0.5) is 0 Å². The van der Waals surface area contributed by atoms with Crippen LogP contribution in [0.2, 0.25) is 0 Å². The van der Waals surface area contributed by atoms with Crippen LogP contribution in [-0.2, 0) is 27.3 Å². The fourth-order valence-electron chi connectivity index (χ4n) is 5.55. The molecule has 2 aromatic rings. The number of nitrogens with zero attached hydrogens (tertiary/aromatic N) is 1. The average molecular weight is 607 g/mol. The number of methoxy groups -OCH3 is 2. The number of benzene rings is 2. The Hall–Kier alpha value is -4.15. The Morgan fingerprint density at radius 3 is 2.16 bits per heavy atom. The summed E-state index contributed by atoms with van der Waals surface area (Å²) in [5, 5.41) is 14.4. The van der Waals surface area contributed by atoms with E-state index in [9.17, 15) is 19.5 Å². The minimum absolute atomic E-state index is 0.0283. The highest BCUT2D eigenvalue weighted by Crippen LogP contribution is 2.40. The molecular weight excluding hydrogens is 560 g/mol. The summed E-state index contributed by atoms with van der Waals surface area (Å²) in [6.07, 6.45) is 3.45. The number of hydrogen-bond acceptors (Lipinski definition) is 7.